The SMILES string of the molecule is CC(C)(C)OC(=O)N1C[C@H](N)[C@@H](c2cc(F)c(F)cc2F)CC1=O. The monoisotopic (exact) mass is 344 g/mol. The van der Waals surface area contributed by atoms with E-state index in [9.17, 15) is 22.8 Å². The molecule has 1 aliphatic rings. The van der Waals surface area contributed by atoms with Gasteiger partial charge < -0.3 is 10.5 Å². The summed E-state index contributed by atoms with van der Waals surface area (Å²) >= 11 is 0. The predicted molar refractivity (Wildman–Crippen MR) is 79.6 cm³/mol. The number of benzene rings is 1. The van der Waals surface area contributed by atoms with E-state index in [0.717, 1.165) is 4.90 Å². The van der Waals surface area contributed by atoms with E-state index in [1.807, 2.05) is 0 Å². The molecule has 0 saturated carbocycles. The molecule has 0 spiro atoms. The molecule has 8 heteroatoms. The van der Waals surface area contributed by atoms with Gasteiger partial charge in [0, 0.05) is 31.0 Å². The number of carbonyl (C=O) groups is 2. The second-order valence-electron chi connectivity index (χ2n) is 6.75. The molecule has 132 valence electrons. The molecule has 1 aromatic carbocycles. The summed E-state index contributed by atoms with van der Waals surface area (Å²) in [5.74, 6) is -4.98. The number of hydrogen-bond acceptors (Lipinski definition) is 4. The molecule has 2 atom stereocenters. The van der Waals surface area contributed by atoms with Gasteiger partial charge in [-0.3, -0.25) is 4.79 Å². The van der Waals surface area contributed by atoms with Crippen molar-refractivity contribution in [3.8, 4) is 0 Å². The number of nitrogens with two attached hydrogens (primary N) is 1. The van der Waals surface area contributed by atoms with Crippen molar-refractivity contribution in [1.29, 1.82) is 0 Å². The Kier molecular flexibility index (Phi) is 4.89. The Morgan fingerprint density at radius 2 is 1.79 bits per heavy atom. The lowest BCUT2D eigenvalue weighted by molar-refractivity contribution is -0.133. The number of amides is 2. The van der Waals surface area contributed by atoms with Gasteiger partial charge in [-0.05, 0) is 32.4 Å². The Balaban J connectivity index is 2.21. The van der Waals surface area contributed by atoms with Crippen LogP contribution >= 0.6 is 0 Å². The van der Waals surface area contributed by atoms with Gasteiger partial charge in [-0.2, -0.15) is 0 Å². The van der Waals surface area contributed by atoms with Crippen molar-refractivity contribution in [2.24, 2.45) is 5.73 Å². The van der Waals surface area contributed by atoms with Crippen LogP contribution in [0.1, 0.15) is 38.7 Å². The minimum Gasteiger partial charge on any atom is -0.443 e. The number of imide groups is 1. The summed E-state index contributed by atoms with van der Waals surface area (Å²) in [6.07, 6.45) is -1.14. The summed E-state index contributed by atoms with van der Waals surface area (Å²) < 4.78 is 45.5. The molecular weight excluding hydrogens is 325 g/mol. The van der Waals surface area contributed by atoms with E-state index in [0.29, 0.717) is 12.1 Å². The first-order valence-electron chi connectivity index (χ1n) is 7.43. The predicted octanol–water partition coefficient (Wildman–Crippen LogP) is 2.68. The second-order valence-corrected chi connectivity index (χ2v) is 6.75. The van der Waals surface area contributed by atoms with Gasteiger partial charge in [0.25, 0.3) is 0 Å². The van der Waals surface area contributed by atoms with E-state index in [1.165, 1.54) is 0 Å². The minimum absolute atomic E-state index is 0.182. The fraction of sp³-hybridized carbons (Fsp3) is 0.500. The average molecular weight is 344 g/mol. The van der Waals surface area contributed by atoms with Gasteiger partial charge in [-0.15, -0.1) is 0 Å². The van der Waals surface area contributed by atoms with E-state index in [2.05, 4.69) is 0 Å². The molecule has 0 radical (unpaired) electrons. The Morgan fingerprint density at radius 1 is 1.21 bits per heavy atom. The maximum atomic E-state index is 13.9. The van der Waals surface area contributed by atoms with Gasteiger partial charge in [-0.1, -0.05) is 0 Å². The van der Waals surface area contributed by atoms with Crippen molar-refractivity contribution in [3.63, 3.8) is 0 Å². The van der Waals surface area contributed by atoms with Crippen molar-refractivity contribution in [1.82, 2.24) is 4.90 Å². The topological polar surface area (TPSA) is 72.6 Å². The molecule has 1 saturated heterocycles. The van der Waals surface area contributed by atoms with Gasteiger partial charge in [0.2, 0.25) is 5.91 Å². The number of carbonyl (C=O) groups excluding carboxylic acids is 2. The zero-order valence-electron chi connectivity index (χ0n) is 13.6. The molecule has 0 bridgehead atoms. The second kappa shape index (κ2) is 6.43. The lowest BCUT2D eigenvalue weighted by atomic mass is 9.85. The summed E-state index contributed by atoms with van der Waals surface area (Å²) in [7, 11) is 0. The van der Waals surface area contributed by atoms with Crippen molar-refractivity contribution in [2.45, 2.75) is 44.8 Å². The molecule has 0 aromatic heterocycles. The van der Waals surface area contributed by atoms with E-state index < -0.39 is 47.0 Å². The van der Waals surface area contributed by atoms with E-state index >= 15 is 0 Å². The molecule has 1 aromatic rings. The van der Waals surface area contributed by atoms with Crippen LogP contribution in [-0.2, 0) is 9.53 Å². The maximum absolute atomic E-state index is 13.9. The van der Waals surface area contributed by atoms with Crippen LogP contribution in [0.4, 0.5) is 18.0 Å². The number of piperidine rings is 1. The standard InChI is InChI=1S/C16H19F3N2O3/c1-16(2,3)24-15(23)21-7-13(20)9(5-14(21)22)8-4-11(18)12(19)6-10(8)17/h4,6,9,13H,5,7,20H2,1-3H3/t9-,13+/m1/s1. The summed E-state index contributed by atoms with van der Waals surface area (Å²) in [6, 6.07) is 0.294. The highest BCUT2D eigenvalue weighted by Gasteiger charge is 2.39. The van der Waals surface area contributed by atoms with Crippen molar-refractivity contribution < 1.29 is 27.5 Å². The summed E-state index contributed by atoms with van der Waals surface area (Å²) in [5, 5.41) is 0. The highest BCUT2D eigenvalue weighted by molar-refractivity contribution is 5.93. The first-order chi connectivity index (χ1) is 11.0. The number of ether oxygens (including phenoxy) is 1. The number of halogens is 3. The minimum atomic E-state index is -1.32. The summed E-state index contributed by atoms with van der Waals surface area (Å²) in [4.78, 5) is 25.1. The Hall–Kier alpha value is -2.09. The normalized spacial score (nSPS) is 21.8. The van der Waals surface area contributed by atoms with Crippen LogP contribution in [0.3, 0.4) is 0 Å². The fourth-order valence-corrected chi connectivity index (χ4v) is 2.55. The van der Waals surface area contributed by atoms with E-state index in [4.69, 9.17) is 10.5 Å². The van der Waals surface area contributed by atoms with Gasteiger partial charge in [0.1, 0.15) is 11.4 Å². The molecule has 0 aliphatic carbocycles. The zero-order chi connectivity index (χ0) is 18.2. The number of nitrogens with zero attached hydrogens (tertiary/aromatic N) is 1. The third kappa shape index (κ3) is 3.87. The lowest BCUT2D eigenvalue weighted by Crippen LogP contribution is -2.53. The Bertz CT molecular complexity index is 673. The molecule has 5 nitrogen and oxygen atoms in total. The largest absolute Gasteiger partial charge is 0.443 e. The van der Waals surface area contributed by atoms with Crippen LogP contribution in [0.15, 0.2) is 12.1 Å². The van der Waals surface area contributed by atoms with Crippen LogP contribution in [0.25, 0.3) is 0 Å². The van der Waals surface area contributed by atoms with Gasteiger partial charge in [0.15, 0.2) is 11.6 Å². The van der Waals surface area contributed by atoms with E-state index in [-0.39, 0.29) is 18.5 Å². The zero-order valence-corrected chi connectivity index (χ0v) is 13.6. The third-order valence-electron chi connectivity index (χ3n) is 3.66. The molecule has 1 fully saturated rings. The number of likely N-dealkylation sites (tertiary alicyclic amines) is 1. The number of hydrogen-bond donors (Lipinski definition) is 1. The summed E-state index contributed by atoms with van der Waals surface area (Å²) in [5.41, 5.74) is 4.97. The Morgan fingerprint density at radius 3 is 2.38 bits per heavy atom. The average Bonchev–Trinajstić information content (AvgIpc) is 2.43. The van der Waals surface area contributed by atoms with Crippen LogP contribution in [0.2, 0.25) is 0 Å². The van der Waals surface area contributed by atoms with Gasteiger partial charge in [0.05, 0.1) is 0 Å². The molecule has 2 N–H and O–H groups in total. The number of rotatable bonds is 1. The van der Waals surface area contributed by atoms with Crippen LogP contribution in [-0.4, -0.2) is 35.1 Å². The maximum Gasteiger partial charge on any atom is 0.417 e. The van der Waals surface area contributed by atoms with Crippen molar-refractivity contribution in [3.05, 3.63) is 35.1 Å². The van der Waals surface area contributed by atoms with Crippen molar-refractivity contribution >= 4 is 12.0 Å². The summed E-state index contributed by atoms with van der Waals surface area (Å²) in [6.45, 7) is 4.76. The molecule has 0 unspecified atom stereocenters. The smallest absolute Gasteiger partial charge is 0.417 e. The van der Waals surface area contributed by atoms with Gasteiger partial charge >= 0.3 is 6.09 Å². The van der Waals surface area contributed by atoms with E-state index in [1.54, 1.807) is 20.8 Å². The molecular formula is C16H19F3N2O3. The fourth-order valence-electron chi connectivity index (χ4n) is 2.55. The lowest BCUT2D eigenvalue weighted by Gasteiger charge is -2.36. The highest BCUT2D eigenvalue weighted by Crippen LogP contribution is 2.31. The van der Waals surface area contributed by atoms with Crippen LogP contribution in [0, 0.1) is 17.5 Å². The molecule has 24 heavy (non-hydrogen) atoms. The first-order valence-corrected chi connectivity index (χ1v) is 7.43. The third-order valence-corrected chi connectivity index (χ3v) is 3.66. The highest BCUT2D eigenvalue weighted by atomic mass is 19.2. The Labute approximate surface area is 137 Å². The quantitative estimate of drug-likeness (QED) is 0.795. The molecule has 1 heterocycles. The molecule has 2 amide bonds. The van der Waals surface area contributed by atoms with Crippen LogP contribution < -0.4 is 5.73 Å². The molecule has 2 rings (SSSR count). The van der Waals surface area contributed by atoms with Crippen LogP contribution in [0.5, 0.6) is 0 Å². The molecule has 1 aliphatic heterocycles. The van der Waals surface area contributed by atoms with Gasteiger partial charge in [-0.25, -0.2) is 22.9 Å². The first kappa shape index (κ1) is 18.3. The van der Waals surface area contributed by atoms with Crippen molar-refractivity contribution in [2.75, 3.05) is 6.54 Å².